The molecule has 0 saturated carbocycles. The molecular weight excluding hydrogens is 318 g/mol. The molecular formula is C18H27N5O2. The Labute approximate surface area is 148 Å². The molecule has 1 aliphatic rings. The van der Waals surface area contributed by atoms with Crippen molar-refractivity contribution in [1.29, 1.82) is 0 Å². The molecule has 2 aromatic rings. The third kappa shape index (κ3) is 3.86. The second-order valence-corrected chi connectivity index (χ2v) is 7.47. The lowest BCUT2D eigenvalue weighted by Gasteiger charge is -2.36. The van der Waals surface area contributed by atoms with E-state index < -0.39 is 5.60 Å². The van der Waals surface area contributed by atoms with Gasteiger partial charge in [-0.05, 0) is 34.1 Å². The van der Waals surface area contributed by atoms with Crippen LogP contribution >= 0.6 is 0 Å². The Kier molecular flexibility index (Phi) is 4.58. The molecule has 25 heavy (non-hydrogen) atoms. The van der Waals surface area contributed by atoms with Crippen LogP contribution in [0.3, 0.4) is 0 Å². The molecule has 7 nitrogen and oxygen atoms in total. The van der Waals surface area contributed by atoms with Gasteiger partial charge in [-0.15, -0.1) is 0 Å². The minimum absolute atomic E-state index is 0.241. The van der Waals surface area contributed by atoms with E-state index in [1.54, 1.807) is 4.90 Å². The molecule has 3 heterocycles. The summed E-state index contributed by atoms with van der Waals surface area (Å²) in [5, 5.41) is 4.55. The Balaban J connectivity index is 1.70. The number of hydrogen-bond acceptors (Lipinski definition) is 5. The van der Waals surface area contributed by atoms with Gasteiger partial charge in [0.25, 0.3) is 0 Å². The van der Waals surface area contributed by atoms with Gasteiger partial charge in [0.2, 0.25) is 0 Å². The monoisotopic (exact) mass is 345 g/mol. The van der Waals surface area contributed by atoms with E-state index in [4.69, 9.17) is 9.72 Å². The average Bonchev–Trinajstić information content (AvgIpc) is 2.97. The molecule has 0 spiro atoms. The number of aryl methyl sites for hydroxylation is 2. The van der Waals surface area contributed by atoms with Crippen LogP contribution in [0.15, 0.2) is 12.1 Å². The maximum Gasteiger partial charge on any atom is 0.410 e. The normalized spacial score (nSPS) is 15.7. The van der Waals surface area contributed by atoms with Crippen molar-refractivity contribution in [3.63, 3.8) is 0 Å². The SMILES string of the molecule is CCc1cc2nc(N3CCN(C(=O)OC(C)(C)C)CC3)cc(C)n2n1. The van der Waals surface area contributed by atoms with E-state index in [-0.39, 0.29) is 6.09 Å². The molecule has 1 saturated heterocycles. The predicted octanol–water partition coefficient (Wildman–Crippen LogP) is 2.66. The molecule has 0 unspecified atom stereocenters. The minimum Gasteiger partial charge on any atom is -0.444 e. The van der Waals surface area contributed by atoms with Crippen molar-refractivity contribution in [2.24, 2.45) is 0 Å². The molecule has 0 aliphatic carbocycles. The summed E-state index contributed by atoms with van der Waals surface area (Å²) in [5.41, 5.74) is 2.52. The van der Waals surface area contributed by atoms with E-state index in [0.29, 0.717) is 13.1 Å². The number of anilines is 1. The van der Waals surface area contributed by atoms with Crippen LogP contribution in [0.4, 0.5) is 10.6 Å². The lowest BCUT2D eigenvalue weighted by Crippen LogP contribution is -2.50. The van der Waals surface area contributed by atoms with Gasteiger partial charge in [-0.1, -0.05) is 6.92 Å². The molecule has 0 atom stereocenters. The molecule has 3 rings (SSSR count). The third-order valence-electron chi connectivity index (χ3n) is 4.26. The number of amides is 1. The number of fused-ring (bicyclic) bond motifs is 1. The Morgan fingerprint density at radius 3 is 2.48 bits per heavy atom. The van der Waals surface area contributed by atoms with Gasteiger partial charge in [0.15, 0.2) is 5.65 Å². The highest BCUT2D eigenvalue weighted by atomic mass is 16.6. The van der Waals surface area contributed by atoms with E-state index in [1.165, 1.54) is 0 Å². The summed E-state index contributed by atoms with van der Waals surface area (Å²) >= 11 is 0. The number of rotatable bonds is 2. The number of carbonyl (C=O) groups is 1. The van der Waals surface area contributed by atoms with Gasteiger partial charge in [0, 0.05) is 44.0 Å². The fraction of sp³-hybridized carbons (Fsp3) is 0.611. The number of ether oxygens (including phenoxy) is 1. The first-order valence-corrected chi connectivity index (χ1v) is 8.86. The molecule has 1 amide bonds. The topological polar surface area (TPSA) is 63.0 Å². The smallest absolute Gasteiger partial charge is 0.410 e. The summed E-state index contributed by atoms with van der Waals surface area (Å²) in [6, 6.07) is 4.09. The number of nitrogens with zero attached hydrogens (tertiary/aromatic N) is 5. The summed E-state index contributed by atoms with van der Waals surface area (Å²) in [4.78, 5) is 20.9. The lowest BCUT2D eigenvalue weighted by molar-refractivity contribution is 0.0240. The number of piperazine rings is 1. The zero-order valence-electron chi connectivity index (χ0n) is 15.7. The predicted molar refractivity (Wildman–Crippen MR) is 97.1 cm³/mol. The highest BCUT2D eigenvalue weighted by molar-refractivity contribution is 5.68. The maximum absolute atomic E-state index is 12.2. The molecule has 0 bridgehead atoms. The number of hydrogen-bond donors (Lipinski definition) is 0. The lowest BCUT2D eigenvalue weighted by atomic mass is 10.2. The van der Waals surface area contributed by atoms with Crippen molar-refractivity contribution in [2.45, 2.75) is 46.6 Å². The summed E-state index contributed by atoms with van der Waals surface area (Å²) in [6.07, 6.45) is 0.655. The van der Waals surface area contributed by atoms with Crippen LogP contribution in [0.1, 0.15) is 39.1 Å². The Bertz CT molecular complexity index is 770. The van der Waals surface area contributed by atoms with E-state index >= 15 is 0 Å². The fourth-order valence-corrected chi connectivity index (χ4v) is 2.93. The quantitative estimate of drug-likeness (QED) is 0.837. The Morgan fingerprint density at radius 1 is 1.20 bits per heavy atom. The van der Waals surface area contributed by atoms with Crippen molar-refractivity contribution >= 4 is 17.6 Å². The summed E-state index contributed by atoms with van der Waals surface area (Å²) in [7, 11) is 0. The number of aromatic nitrogens is 3. The van der Waals surface area contributed by atoms with E-state index in [0.717, 1.165) is 42.4 Å². The van der Waals surface area contributed by atoms with Gasteiger partial charge in [-0.2, -0.15) is 5.10 Å². The largest absolute Gasteiger partial charge is 0.444 e. The van der Waals surface area contributed by atoms with Gasteiger partial charge in [-0.25, -0.2) is 14.3 Å². The molecule has 7 heteroatoms. The van der Waals surface area contributed by atoms with Gasteiger partial charge in [0.05, 0.1) is 5.69 Å². The highest BCUT2D eigenvalue weighted by Gasteiger charge is 2.26. The standard InChI is InChI=1S/C18H27N5O2/c1-6-14-12-16-19-15(11-13(2)23(16)20-14)21-7-9-22(10-8-21)17(24)25-18(3,4)5/h11-12H,6-10H2,1-5H3. The van der Waals surface area contributed by atoms with Crippen molar-refractivity contribution in [3.8, 4) is 0 Å². The Morgan fingerprint density at radius 2 is 1.88 bits per heavy atom. The Hall–Kier alpha value is -2.31. The van der Waals surface area contributed by atoms with Crippen LogP contribution in [0.2, 0.25) is 0 Å². The van der Waals surface area contributed by atoms with Gasteiger partial charge in [0.1, 0.15) is 11.4 Å². The second kappa shape index (κ2) is 6.54. The van der Waals surface area contributed by atoms with E-state index in [1.807, 2.05) is 38.3 Å². The molecule has 0 radical (unpaired) electrons. The molecule has 2 aromatic heterocycles. The van der Waals surface area contributed by atoms with Crippen LogP contribution < -0.4 is 4.90 Å². The summed E-state index contributed by atoms with van der Waals surface area (Å²) < 4.78 is 7.34. The first kappa shape index (κ1) is 17.5. The third-order valence-corrected chi connectivity index (χ3v) is 4.26. The highest BCUT2D eigenvalue weighted by Crippen LogP contribution is 2.19. The molecule has 0 aromatic carbocycles. The molecule has 1 aliphatic heterocycles. The fourth-order valence-electron chi connectivity index (χ4n) is 2.93. The average molecular weight is 345 g/mol. The summed E-state index contributed by atoms with van der Waals surface area (Å²) in [5.74, 6) is 0.941. The first-order chi connectivity index (χ1) is 11.8. The van der Waals surface area contributed by atoms with E-state index in [2.05, 4.69) is 23.0 Å². The van der Waals surface area contributed by atoms with Crippen LogP contribution in [0.25, 0.3) is 5.65 Å². The zero-order chi connectivity index (χ0) is 18.2. The first-order valence-electron chi connectivity index (χ1n) is 8.86. The van der Waals surface area contributed by atoms with Crippen molar-refractivity contribution in [1.82, 2.24) is 19.5 Å². The van der Waals surface area contributed by atoms with Crippen molar-refractivity contribution in [2.75, 3.05) is 31.1 Å². The van der Waals surface area contributed by atoms with Crippen molar-refractivity contribution < 1.29 is 9.53 Å². The van der Waals surface area contributed by atoms with Crippen LogP contribution in [0.5, 0.6) is 0 Å². The number of carbonyl (C=O) groups excluding carboxylic acids is 1. The van der Waals surface area contributed by atoms with E-state index in [9.17, 15) is 4.79 Å². The van der Waals surface area contributed by atoms with Crippen molar-refractivity contribution in [3.05, 3.63) is 23.5 Å². The van der Waals surface area contributed by atoms with Gasteiger partial charge >= 0.3 is 6.09 Å². The second-order valence-electron chi connectivity index (χ2n) is 7.47. The van der Waals surface area contributed by atoms with Crippen LogP contribution in [0, 0.1) is 6.92 Å². The maximum atomic E-state index is 12.2. The molecule has 1 fully saturated rings. The summed E-state index contributed by atoms with van der Waals surface area (Å²) in [6.45, 7) is 12.6. The van der Waals surface area contributed by atoms with Crippen LogP contribution in [-0.4, -0.2) is 57.4 Å². The molecule has 0 N–H and O–H groups in total. The molecule has 136 valence electrons. The zero-order valence-corrected chi connectivity index (χ0v) is 15.7. The van der Waals surface area contributed by atoms with Gasteiger partial charge in [-0.3, -0.25) is 0 Å². The van der Waals surface area contributed by atoms with Gasteiger partial charge < -0.3 is 14.5 Å². The van der Waals surface area contributed by atoms with Crippen LogP contribution in [-0.2, 0) is 11.2 Å². The minimum atomic E-state index is -0.461.